The number of benzene rings is 1. The second-order valence-corrected chi connectivity index (χ2v) is 3.80. The van der Waals surface area contributed by atoms with Crippen LogP contribution >= 0.6 is 0 Å². The highest BCUT2D eigenvalue weighted by molar-refractivity contribution is 5.86. The summed E-state index contributed by atoms with van der Waals surface area (Å²) in [4.78, 5) is 11.0. The summed E-state index contributed by atoms with van der Waals surface area (Å²) in [5, 5.41) is 16.4. The lowest BCUT2D eigenvalue weighted by molar-refractivity contribution is 0.0689. The molecule has 0 atom stereocenters. The van der Waals surface area contributed by atoms with E-state index >= 15 is 0 Å². The first-order chi connectivity index (χ1) is 9.06. The molecule has 0 saturated heterocycles. The molecule has 0 spiro atoms. The zero-order valence-corrected chi connectivity index (χ0v) is 10.4. The minimum atomic E-state index is -1.16. The van der Waals surface area contributed by atoms with Gasteiger partial charge in [0.1, 0.15) is 11.6 Å². The Morgan fingerprint density at radius 2 is 2.21 bits per heavy atom. The van der Waals surface area contributed by atoms with Gasteiger partial charge in [-0.2, -0.15) is 0 Å². The maximum Gasteiger partial charge on any atom is 0.358 e. The van der Waals surface area contributed by atoms with E-state index in [0.717, 1.165) is 0 Å². The minimum Gasteiger partial charge on any atom is -0.497 e. The molecule has 0 amide bonds. The third-order valence-corrected chi connectivity index (χ3v) is 2.64. The van der Waals surface area contributed by atoms with Crippen LogP contribution in [-0.2, 0) is 6.42 Å². The fourth-order valence-electron chi connectivity index (χ4n) is 1.78. The highest BCUT2D eigenvalue weighted by Gasteiger charge is 2.19. The van der Waals surface area contributed by atoms with E-state index in [9.17, 15) is 9.18 Å². The topological polar surface area (TPSA) is 77.2 Å². The number of hydrogen-bond acceptors (Lipinski definition) is 4. The third kappa shape index (κ3) is 2.40. The summed E-state index contributed by atoms with van der Waals surface area (Å²) in [7, 11) is 1.42. The summed E-state index contributed by atoms with van der Waals surface area (Å²) >= 11 is 0. The van der Waals surface area contributed by atoms with Crippen molar-refractivity contribution in [1.29, 1.82) is 0 Å². The SMILES string of the molecule is CCc1c(C(=O)O)nnn1-c1cc(F)cc(OC)c1. The van der Waals surface area contributed by atoms with Gasteiger partial charge in [-0.05, 0) is 12.5 Å². The molecule has 0 aliphatic heterocycles. The van der Waals surface area contributed by atoms with Gasteiger partial charge < -0.3 is 9.84 Å². The van der Waals surface area contributed by atoms with Crippen LogP contribution in [0.5, 0.6) is 5.75 Å². The fraction of sp³-hybridized carbons (Fsp3) is 0.250. The number of carboxylic acids is 1. The van der Waals surface area contributed by atoms with Gasteiger partial charge in [-0.15, -0.1) is 5.10 Å². The van der Waals surface area contributed by atoms with Crippen LogP contribution in [-0.4, -0.2) is 33.2 Å². The van der Waals surface area contributed by atoms with Gasteiger partial charge in [0, 0.05) is 12.1 Å². The van der Waals surface area contributed by atoms with Crippen LogP contribution in [0.4, 0.5) is 4.39 Å². The number of ether oxygens (including phenoxy) is 1. The quantitative estimate of drug-likeness (QED) is 0.910. The van der Waals surface area contributed by atoms with Crippen molar-refractivity contribution in [2.75, 3.05) is 7.11 Å². The Labute approximate surface area is 108 Å². The first-order valence-corrected chi connectivity index (χ1v) is 5.59. The van der Waals surface area contributed by atoms with Gasteiger partial charge in [0.15, 0.2) is 5.69 Å². The van der Waals surface area contributed by atoms with Crippen molar-refractivity contribution in [3.63, 3.8) is 0 Å². The number of nitrogens with zero attached hydrogens (tertiary/aromatic N) is 3. The molecule has 0 saturated carbocycles. The molecular weight excluding hydrogens is 253 g/mol. The van der Waals surface area contributed by atoms with Gasteiger partial charge in [0.05, 0.1) is 18.5 Å². The van der Waals surface area contributed by atoms with E-state index in [1.165, 1.54) is 23.9 Å². The van der Waals surface area contributed by atoms with E-state index in [2.05, 4.69) is 10.3 Å². The second kappa shape index (κ2) is 5.05. The zero-order chi connectivity index (χ0) is 14.0. The number of hydrogen-bond donors (Lipinski definition) is 1. The molecule has 1 heterocycles. The molecule has 7 heteroatoms. The lowest BCUT2D eigenvalue weighted by Gasteiger charge is -2.07. The summed E-state index contributed by atoms with van der Waals surface area (Å²) in [6.45, 7) is 1.78. The molecule has 0 aliphatic rings. The Balaban J connectivity index is 2.58. The summed E-state index contributed by atoms with van der Waals surface area (Å²) in [5.74, 6) is -1.33. The van der Waals surface area contributed by atoms with Gasteiger partial charge in [-0.25, -0.2) is 13.9 Å². The molecule has 0 aliphatic carbocycles. The Hall–Kier alpha value is -2.44. The molecule has 1 aromatic heterocycles. The average molecular weight is 265 g/mol. The first-order valence-electron chi connectivity index (χ1n) is 5.59. The monoisotopic (exact) mass is 265 g/mol. The number of carbonyl (C=O) groups is 1. The van der Waals surface area contributed by atoms with E-state index in [4.69, 9.17) is 9.84 Å². The largest absolute Gasteiger partial charge is 0.497 e. The van der Waals surface area contributed by atoms with Gasteiger partial charge in [0.2, 0.25) is 0 Å². The molecule has 100 valence electrons. The minimum absolute atomic E-state index is 0.134. The normalized spacial score (nSPS) is 10.5. The second-order valence-electron chi connectivity index (χ2n) is 3.80. The number of halogens is 1. The van der Waals surface area contributed by atoms with Crippen LogP contribution < -0.4 is 4.74 Å². The maximum absolute atomic E-state index is 13.4. The van der Waals surface area contributed by atoms with Crippen molar-refractivity contribution in [2.45, 2.75) is 13.3 Å². The van der Waals surface area contributed by atoms with Crippen molar-refractivity contribution in [3.05, 3.63) is 35.4 Å². The van der Waals surface area contributed by atoms with E-state index in [0.29, 0.717) is 23.6 Å². The number of rotatable bonds is 4. The molecule has 2 aromatic rings. The van der Waals surface area contributed by atoms with Crippen LogP contribution in [0, 0.1) is 5.82 Å². The summed E-state index contributed by atoms with van der Waals surface area (Å²) in [6, 6.07) is 4.02. The Kier molecular flexibility index (Phi) is 3.46. The van der Waals surface area contributed by atoms with Crippen LogP contribution in [0.2, 0.25) is 0 Å². The number of aromatic nitrogens is 3. The predicted molar refractivity (Wildman–Crippen MR) is 64.2 cm³/mol. The molecule has 6 nitrogen and oxygen atoms in total. The maximum atomic E-state index is 13.4. The van der Waals surface area contributed by atoms with Gasteiger partial charge in [0.25, 0.3) is 0 Å². The van der Waals surface area contributed by atoms with Crippen LogP contribution in [0.1, 0.15) is 23.1 Å². The highest BCUT2D eigenvalue weighted by atomic mass is 19.1. The molecule has 0 fully saturated rings. The van der Waals surface area contributed by atoms with Crippen molar-refractivity contribution in [2.24, 2.45) is 0 Å². The number of carboxylic acid groups (broad SMARTS) is 1. The molecule has 0 bridgehead atoms. The summed E-state index contributed by atoms with van der Waals surface area (Å²) < 4.78 is 19.7. The molecular formula is C12H12FN3O3. The molecule has 19 heavy (non-hydrogen) atoms. The average Bonchev–Trinajstić information content (AvgIpc) is 2.81. The molecule has 0 unspecified atom stereocenters. The van der Waals surface area contributed by atoms with E-state index in [-0.39, 0.29) is 5.69 Å². The third-order valence-electron chi connectivity index (χ3n) is 2.64. The summed E-state index contributed by atoms with van der Waals surface area (Å²) in [5.41, 5.74) is 0.639. The van der Waals surface area contributed by atoms with Crippen LogP contribution in [0.25, 0.3) is 5.69 Å². The lowest BCUT2D eigenvalue weighted by atomic mass is 10.2. The van der Waals surface area contributed by atoms with E-state index in [1.54, 1.807) is 13.0 Å². The van der Waals surface area contributed by atoms with Crippen molar-refractivity contribution < 1.29 is 19.0 Å². The standard InChI is InChI=1S/C12H12FN3O3/c1-3-10-11(12(17)18)14-15-16(10)8-4-7(13)5-9(6-8)19-2/h4-6H,3H2,1-2H3,(H,17,18). The lowest BCUT2D eigenvalue weighted by Crippen LogP contribution is -2.06. The van der Waals surface area contributed by atoms with E-state index < -0.39 is 11.8 Å². The fourth-order valence-corrected chi connectivity index (χ4v) is 1.78. The molecule has 1 aromatic carbocycles. The van der Waals surface area contributed by atoms with Gasteiger partial charge >= 0.3 is 5.97 Å². The Morgan fingerprint density at radius 3 is 2.79 bits per heavy atom. The molecule has 0 radical (unpaired) electrons. The van der Waals surface area contributed by atoms with E-state index in [1.807, 2.05) is 0 Å². The molecule has 1 N–H and O–H groups in total. The Morgan fingerprint density at radius 1 is 1.47 bits per heavy atom. The zero-order valence-electron chi connectivity index (χ0n) is 10.4. The Bertz CT molecular complexity index is 625. The van der Waals surface area contributed by atoms with Gasteiger partial charge in [-0.3, -0.25) is 0 Å². The van der Waals surface area contributed by atoms with Crippen LogP contribution in [0.3, 0.4) is 0 Å². The van der Waals surface area contributed by atoms with Crippen LogP contribution in [0.15, 0.2) is 18.2 Å². The summed E-state index contributed by atoms with van der Waals surface area (Å²) in [6.07, 6.45) is 0.410. The highest BCUT2D eigenvalue weighted by Crippen LogP contribution is 2.21. The van der Waals surface area contributed by atoms with Crippen molar-refractivity contribution in [1.82, 2.24) is 15.0 Å². The number of aromatic carboxylic acids is 1. The van der Waals surface area contributed by atoms with Crippen molar-refractivity contribution >= 4 is 5.97 Å². The molecule has 2 rings (SSSR count). The number of methoxy groups -OCH3 is 1. The van der Waals surface area contributed by atoms with Gasteiger partial charge in [-0.1, -0.05) is 12.1 Å². The van der Waals surface area contributed by atoms with Crippen molar-refractivity contribution in [3.8, 4) is 11.4 Å². The smallest absolute Gasteiger partial charge is 0.358 e. The first kappa shape index (κ1) is 13.0. The predicted octanol–water partition coefficient (Wildman–Crippen LogP) is 1.68.